The molecule has 6 nitrogen and oxygen atoms in total. The first-order chi connectivity index (χ1) is 44.6. The van der Waals surface area contributed by atoms with Crippen LogP contribution in [-0.4, -0.2) is 28.2 Å². The topological polar surface area (TPSA) is 45.5 Å². The van der Waals surface area contributed by atoms with E-state index in [4.69, 9.17) is 9.97 Å². The molecule has 14 aromatic carbocycles. The third-order valence-corrected chi connectivity index (χ3v) is 18.7. The summed E-state index contributed by atoms with van der Waals surface area (Å²) in [6.45, 7) is 0. The van der Waals surface area contributed by atoms with Gasteiger partial charge in [-0.15, -0.1) is 0 Å². The minimum atomic E-state index is 0.626. The molecule has 19 rings (SSSR count). The molecular formula is C84H52N6. The summed E-state index contributed by atoms with van der Waals surface area (Å²) in [4.78, 5) is 11.2. The van der Waals surface area contributed by atoms with Crippen LogP contribution in [-0.2, 0) is 0 Å². The lowest BCUT2D eigenvalue weighted by atomic mass is 9.98. The van der Waals surface area contributed by atoms with E-state index in [-0.39, 0.29) is 0 Å². The number of para-hydroxylation sites is 6. The minimum absolute atomic E-state index is 0.626. The van der Waals surface area contributed by atoms with Crippen LogP contribution in [0.4, 0.5) is 0 Å². The molecule has 0 unspecified atom stereocenters. The summed E-state index contributed by atoms with van der Waals surface area (Å²) in [6.07, 6.45) is 0. The summed E-state index contributed by atoms with van der Waals surface area (Å²) in [5.41, 5.74) is 22.3. The maximum Gasteiger partial charge on any atom is 0.235 e. The predicted octanol–water partition coefficient (Wildman–Crippen LogP) is 21.8. The first-order valence-electron chi connectivity index (χ1n) is 30.8. The molecule has 6 heteroatoms. The van der Waals surface area contributed by atoms with Crippen LogP contribution in [0.2, 0.25) is 0 Å². The summed E-state index contributed by atoms with van der Waals surface area (Å²) < 4.78 is 9.44. The molecule has 5 aromatic heterocycles. The van der Waals surface area contributed by atoms with Crippen molar-refractivity contribution in [3.8, 4) is 67.6 Å². The SMILES string of the molecule is c1ccc(-n2c3ccccc3c3cc(-c4ccc5c(c4)c4ccccc4n5-c4cccc(-c5cccc(-c6nc(-n7c8ccccc8c8cc(-c9ccc%10c(c9)c9ccccc9n%10-c9ccccc9)ccc87)nc7c6ccc6ccccc67)c5)c4)ccc32)cc1. The Kier molecular flexibility index (Phi) is 11.0. The molecule has 19 aromatic rings. The average Bonchev–Trinajstić information content (AvgIpc) is 1.60. The van der Waals surface area contributed by atoms with Crippen molar-refractivity contribution in [1.29, 1.82) is 0 Å². The lowest BCUT2D eigenvalue weighted by Crippen LogP contribution is -2.04. The van der Waals surface area contributed by atoms with Crippen molar-refractivity contribution in [2.75, 3.05) is 0 Å². The van der Waals surface area contributed by atoms with Crippen molar-refractivity contribution in [2.45, 2.75) is 0 Å². The van der Waals surface area contributed by atoms with Crippen molar-refractivity contribution in [1.82, 2.24) is 28.2 Å². The van der Waals surface area contributed by atoms with Gasteiger partial charge in [0, 0.05) is 76.5 Å². The van der Waals surface area contributed by atoms with Gasteiger partial charge in [-0.25, -0.2) is 9.97 Å². The second kappa shape index (κ2) is 19.7. The van der Waals surface area contributed by atoms with Crippen molar-refractivity contribution in [2.24, 2.45) is 0 Å². The van der Waals surface area contributed by atoms with Gasteiger partial charge in [0.15, 0.2) is 0 Å². The van der Waals surface area contributed by atoms with E-state index in [0.29, 0.717) is 5.95 Å². The van der Waals surface area contributed by atoms with Crippen LogP contribution in [0.15, 0.2) is 315 Å². The molecule has 418 valence electrons. The summed E-state index contributed by atoms with van der Waals surface area (Å²) in [7, 11) is 0. The zero-order chi connectivity index (χ0) is 59.0. The van der Waals surface area contributed by atoms with Gasteiger partial charge >= 0.3 is 0 Å². The van der Waals surface area contributed by atoms with Gasteiger partial charge in [-0.05, 0) is 160 Å². The molecule has 0 N–H and O–H groups in total. The summed E-state index contributed by atoms with van der Waals surface area (Å²) in [5, 5.41) is 12.9. The van der Waals surface area contributed by atoms with Crippen molar-refractivity contribution in [3.05, 3.63) is 315 Å². The first-order valence-corrected chi connectivity index (χ1v) is 30.8. The molecule has 0 radical (unpaired) electrons. The fourth-order valence-corrected chi connectivity index (χ4v) is 14.7. The Balaban J connectivity index is 0.719. The molecule has 0 saturated carbocycles. The monoisotopic (exact) mass is 1140 g/mol. The number of hydrogen-bond acceptors (Lipinski definition) is 2. The largest absolute Gasteiger partial charge is 0.309 e. The van der Waals surface area contributed by atoms with Crippen LogP contribution >= 0.6 is 0 Å². The fraction of sp³-hybridized carbons (Fsp3) is 0. The van der Waals surface area contributed by atoms with Gasteiger partial charge in [-0.3, -0.25) is 4.57 Å². The Labute approximate surface area is 517 Å². The highest BCUT2D eigenvalue weighted by Gasteiger charge is 2.22. The lowest BCUT2D eigenvalue weighted by Gasteiger charge is -2.14. The normalized spacial score (nSPS) is 12.0. The Morgan fingerprint density at radius 1 is 0.189 bits per heavy atom. The Morgan fingerprint density at radius 2 is 0.544 bits per heavy atom. The molecule has 90 heavy (non-hydrogen) atoms. The average molecular weight is 1150 g/mol. The molecule has 0 fully saturated rings. The second-order valence-corrected chi connectivity index (χ2v) is 23.7. The van der Waals surface area contributed by atoms with Gasteiger partial charge in [0.1, 0.15) is 0 Å². The van der Waals surface area contributed by atoms with E-state index in [1.54, 1.807) is 0 Å². The highest BCUT2D eigenvalue weighted by atomic mass is 15.2. The maximum absolute atomic E-state index is 5.67. The first kappa shape index (κ1) is 50.1. The van der Waals surface area contributed by atoms with Gasteiger partial charge in [0.25, 0.3) is 0 Å². The highest BCUT2D eigenvalue weighted by molar-refractivity contribution is 6.16. The third kappa shape index (κ3) is 7.65. The van der Waals surface area contributed by atoms with E-state index in [1.165, 1.54) is 65.5 Å². The van der Waals surface area contributed by atoms with Crippen LogP contribution in [0.1, 0.15) is 0 Å². The number of fused-ring (bicyclic) bond motifs is 15. The van der Waals surface area contributed by atoms with Crippen molar-refractivity contribution in [3.63, 3.8) is 0 Å². The molecule has 0 atom stereocenters. The molecule has 0 aliphatic carbocycles. The molecule has 0 saturated heterocycles. The molecule has 0 aliphatic heterocycles. The zero-order valence-electron chi connectivity index (χ0n) is 48.7. The van der Waals surface area contributed by atoms with E-state index in [1.807, 2.05) is 0 Å². The second-order valence-electron chi connectivity index (χ2n) is 23.7. The molecular weight excluding hydrogens is 1090 g/mol. The third-order valence-electron chi connectivity index (χ3n) is 18.7. The zero-order valence-corrected chi connectivity index (χ0v) is 48.7. The van der Waals surface area contributed by atoms with E-state index < -0.39 is 0 Å². The number of benzene rings is 14. The number of aromatic nitrogens is 6. The molecule has 0 amide bonds. The van der Waals surface area contributed by atoms with E-state index in [2.05, 4.69) is 334 Å². The molecule has 0 bridgehead atoms. The van der Waals surface area contributed by atoms with Crippen LogP contribution < -0.4 is 0 Å². The maximum atomic E-state index is 5.67. The van der Waals surface area contributed by atoms with Gasteiger partial charge in [0.05, 0.1) is 55.3 Å². The Bertz CT molecular complexity index is 6160. The van der Waals surface area contributed by atoms with Crippen LogP contribution in [0, 0.1) is 0 Å². The van der Waals surface area contributed by atoms with Crippen LogP contribution in [0.25, 0.3) is 177 Å². The van der Waals surface area contributed by atoms with E-state index in [0.717, 1.165) is 105 Å². The van der Waals surface area contributed by atoms with Gasteiger partial charge < -0.3 is 13.7 Å². The summed E-state index contributed by atoms with van der Waals surface area (Å²) in [6, 6.07) is 115. The molecule has 0 aliphatic rings. The number of nitrogens with zero attached hydrogens (tertiary/aromatic N) is 6. The van der Waals surface area contributed by atoms with Gasteiger partial charge in [-0.2, -0.15) is 0 Å². The Hall–Kier alpha value is -12.1. The molecule has 0 spiro atoms. The minimum Gasteiger partial charge on any atom is -0.309 e. The van der Waals surface area contributed by atoms with Crippen LogP contribution in [0.3, 0.4) is 0 Å². The Morgan fingerprint density at radius 3 is 1.04 bits per heavy atom. The standard InChI is InChI=1S/C84H52N6/c1-3-23-61(24-4-1)87-74-33-13-9-29-65(74)70-49-56(38-43-78(70)87)58-40-45-80-72(51-58)67-31-11-15-35-76(67)89(80)63-27-18-21-55(48-63)54-20-17-22-60(47-54)82-69-42-37-53-19-7-8-28-64(53)83(69)86-84(85-82)90-77-36-16-12-32-68(77)73-52-59(41-46-81(73)90)57-39-44-79-71(50-57)66-30-10-14-34-75(66)88(79)62-25-5-2-6-26-62/h1-52H. The summed E-state index contributed by atoms with van der Waals surface area (Å²) >= 11 is 0. The predicted molar refractivity (Wildman–Crippen MR) is 376 cm³/mol. The van der Waals surface area contributed by atoms with E-state index in [9.17, 15) is 0 Å². The van der Waals surface area contributed by atoms with Gasteiger partial charge in [-0.1, -0.05) is 194 Å². The molecule has 5 heterocycles. The number of hydrogen-bond donors (Lipinski definition) is 0. The smallest absolute Gasteiger partial charge is 0.235 e. The van der Waals surface area contributed by atoms with Crippen molar-refractivity contribution < 1.29 is 0 Å². The van der Waals surface area contributed by atoms with Gasteiger partial charge in [0.2, 0.25) is 5.95 Å². The van der Waals surface area contributed by atoms with Crippen molar-refractivity contribution >= 4 is 109 Å². The van der Waals surface area contributed by atoms with Crippen LogP contribution in [0.5, 0.6) is 0 Å². The number of rotatable bonds is 8. The van der Waals surface area contributed by atoms with E-state index >= 15 is 0 Å². The quantitative estimate of drug-likeness (QED) is 0.142. The lowest BCUT2D eigenvalue weighted by molar-refractivity contribution is 1.02. The fourth-order valence-electron chi connectivity index (χ4n) is 14.7. The highest BCUT2D eigenvalue weighted by Crippen LogP contribution is 2.43. The summed E-state index contributed by atoms with van der Waals surface area (Å²) in [5.74, 6) is 0.626.